The summed E-state index contributed by atoms with van der Waals surface area (Å²) in [6, 6.07) is 9.45. The van der Waals surface area contributed by atoms with Crippen LogP contribution in [0.4, 0.5) is 10.2 Å². The fraction of sp³-hybridized carbons (Fsp3) is 0.125. The molecule has 3 rings (SSSR count). The zero-order valence-electron chi connectivity index (χ0n) is 13.0. The number of amides is 1. The number of benzene rings is 1. The maximum atomic E-state index is 13.5. The molecule has 3 aromatic rings. The summed E-state index contributed by atoms with van der Waals surface area (Å²) in [6.45, 7) is 1.83. The number of hydrogen-bond donors (Lipinski definition) is 1. The lowest BCUT2D eigenvalue weighted by Crippen LogP contribution is -2.16. The van der Waals surface area contributed by atoms with Gasteiger partial charge in [0.05, 0.1) is 11.9 Å². The number of aromatic nitrogens is 4. The number of halogens is 1. The topological polar surface area (TPSA) is 72.7 Å². The highest BCUT2D eigenvalue weighted by atomic mass is 32.2. The summed E-state index contributed by atoms with van der Waals surface area (Å²) >= 11 is 1.25. The summed E-state index contributed by atoms with van der Waals surface area (Å²) in [5.41, 5.74) is 1.15. The highest BCUT2D eigenvalue weighted by Gasteiger charge is 2.13. The van der Waals surface area contributed by atoms with Crippen LogP contribution >= 0.6 is 11.8 Å². The quantitative estimate of drug-likeness (QED) is 0.737. The summed E-state index contributed by atoms with van der Waals surface area (Å²) in [6.07, 6.45) is 3.31. The normalized spacial score (nSPS) is 10.6. The molecule has 2 heterocycles. The monoisotopic (exact) mass is 343 g/mol. The lowest BCUT2D eigenvalue weighted by Gasteiger charge is -2.09. The Balaban J connectivity index is 1.86. The van der Waals surface area contributed by atoms with E-state index >= 15 is 0 Å². The zero-order valence-corrected chi connectivity index (χ0v) is 13.8. The average molecular weight is 343 g/mol. The Morgan fingerprint density at radius 1 is 1.21 bits per heavy atom. The molecule has 0 saturated heterocycles. The van der Waals surface area contributed by atoms with Crippen LogP contribution in [-0.4, -0.2) is 32.1 Å². The molecule has 6 nitrogen and oxygen atoms in total. The Kier molecular flexibility index (Phi) is 4.57. The molecule has 1 N–H and O–H groups in total. The third-order valence-corrected chi connectivity index (χ3v) is 4.05. The molecule has 1 aromatic carbocycles. The standard InChI is InChI=1S/C16H14FN5OS/c1-10-3-6-15(21-20-10)22-14(7-8-18-22)19-16(23)11-4-5-12(17)13(9-11)24-2/h3-9H,1-2H3,(H,19,23). The van der Waals surface area contributed by atoms with E-state index in [0.29, 0.717) is 22.1 Å². The molecule has 2 aromatic heterocycles. The zero-order chi connectivity index (χ0) is 17.1. The molecule has 0 aliphatic heterocycles. The molecule has 0 fully saturated rings. The summed E-state index contributed by atoms with van der Waals surface area (Å²) in [5, 5.41) is 14.9. The molecule has 1 amide bonds. The number of rotatable bonds is 4. The predicted molar refractivity (Wildman–Crippen MR) is 90.0 cm³/mol. The van der Waals surface area contributed by atoms with Crippen LogP contribution in [-0.2, 0) is 0 Å². The molecule has 0 atom stereocenters. The maximum Gasteiger partial charge on any atom is 0.256 e. The minimum atomic E-state index is -0.355. The van der Waals surface area contributed by atoms with E-state index in [1.165, 1.54) is 34.6 Å². The highest BCUT2D eigenvalue weighted by molar-refractivity contribution is 7.98. The average Bonchev–Trinajstić information content (AvgIpc) is 3.04. The van der Waals surface area contributed by atoms with E-state index in [9.17, 15) is 9.18 Å². The van der Waals surface area contributed by atoms with Gasteiger partial charge in [-0.15, -0.1) is 16.9 Å². The SMILES string of the molecule is CSc1cc(C(=O)Nc2ccnn2-c2ccc(C)nn2)ccc1F. The van der Waals surface area contributed by atoms with E-state index < -0.39 is 0 Å². The molecule has 0 aliphatic rings. The smallest absolute Gasteiger partial charge is 0.256 e. The first-order chi connectivity index (χ1) is 11.6. The predicted octanol–water partition coefficient (Wildman–Crippen LogP) is 3.08. The largest absolute Gasteiger partial charge is 0.306 e. The van der Waals surface area contributed by atoms with Gasteiger partial charge in [0.25, 0.3) is 5.91 Å². The van der Waals surface area contributed by atoms with Crippen LogP contribution in [0.2, 0.25) is 0 Å². The number of thioether (sulfide) groups is 1. The minimum Gasteiger partial charge on any atom is -0.306 e. The Hall–Kier alpha value is -2.74. The van der Waals surface area contributed by atoms with Crippen molar-refractivity contribution in [3.05, 3.63) is 59.7 Å². The second-order valence-electron chi connectivity index (χ2n) is 4.96. The first-order valence-corrected chi connectivity index (χ1v) is 8.30. The van der Waals surface area contributed by atoms with E-state index in [1.54, 1.807) is 30.7 Å². The van der Waals surface area contributed by atoms with Crippen molar-refractivity contribution in [3.63, 3.8) is 0 Å². The number of carbonyl (C=O) groups is 1. The highest BCUT2D eigenvalue weighted by Crippen LogP contribution is 2.21. The van der Waals surface area contributed by atoms with Crippen LogP contribution in [0.5, 0.6) is 0 Å². The number of carbonyl (C=O) groups excluding carboxylic acids is 1. The van der Waals surface area contributed by atoms with Crippen LogP contribution in [0.3, 0.4) is 0 Å². The molecular weight excluding hydrogens is 329 g/mol. The van der Waals surface area contributed by atoms with Crippen molar-refractivity contribution in [2.45, 2.75) is 11.8 Å². The second kappa shape index (κ2) is 6.79. The van der Waals surface area contributed by atoms with Crippen molar-refractivity contribution < 1.29 is 9.18 Å². The summed E-state index contributed by atoms with van der Waals surface area (Å²) in [7, 11) is 0. The molecule has 0 radical (unpaired) electrons. The Labute approximate surface area is 142 Å². The lowest BCUT2D eigenvalue weighted by atomic mass is 10.2. The number of aryl methyl sites for hydroxylation is 1. The summed E-state index contributed by atoms with van der Waals surface area (Å²) in [4.78, 5) is 12.8. The molecule has 0 bridgehead atoms. The Bertz CT molecular complexity index is 878. The summed E-state index contributed by atoms with van der Waals surface area (Å²) in [5.74, 6) is 0.240. The number of nitrogens with one attached hydrogen (secondary N) is 1. The number of nitrogens with zero attached hydrogens (tertiary/aromatic N) is 4. The minimum absolute atomic E-state index is 0.348. The van der Waals surface area contributed by atoms with Gasteiger partial charge in [0.2, 0.25) is 0 Å². The molecule has 0 saturated carbocycles. The molecule has 8 heteroatoms. The van der Waals surface area contributed by atoms with Gasteiger partial charge < -0.3 is 5.32 Å². The Morgan fingerprint density at radius 3 is 2.75 bits per heavy atom. The first kappa shape index (κ1) is 16.1. The maximum absolute atomic E-state index is 13.5. The Morgan fingerprint density at radius 2 is 2.04 bits per heavy atom. The van der Waals surface area contributed by atoms with Crippen molar-refractivity contribution >= 4 is 23.5 Å². The van der Waals surface area contributed by atoms with Crippen LogP contribution in [0, 0.1) is 12.7 Å². The van der Waals surface area contributed by atoms with Gasteiger partial charge in [0, 0.05) is 16.5 Å². The number of anilines is 1. The van der Waals surface area contributed by atoms with E-state index in [2.05, 4.69) is 20.6 Å². The third kappa shape index (κ3) is 3.28. The molecule has 0 spiro atoms. The van der Waals surface area contributed by atoms with Gasteiger partial charge in [-0.25, -0.2) is 4.39 Å². The van der Waals surface area contributed by atoms with Crippen LogP contribution in [0.1, 0.15) is 16.1 Å². The van der Waals surface area contributed by atoms with Crippen molar-refractivity contribution in [2.75, 3.05) is 11.6 Å². The molecule has 24 heavy (non-hydrogen) atoms. The molecular formula is C16H14FN5OS. The van der Waals surface area contributed by atoms with Crippen LogP contribution in [0.15, 0.2) is 47.5 Å². The molecule has 0 unspecified atom stereocenters. The first-order valence-electron chi connectivity index (χ1n) is 7.08. The van der Waals surface area contributed by atoms with E-state index in [0.717, 1.165) is 5.69 Å². The van der Waals surface area contributed by atoms with E-state index in [-0.39, 0.29) is 11.7 Å². The fourth-order valence-electron chi connectivity index (χ4n) is 2.07. The molecule has 122 valence electrons. The van der Waals surface area contributed by atoms with Gasteiger partial charge in [-0.05, 0) is 43.5 Å². The van der Waals surface area contributed by atoms with E-state index in [1.807, 2.05) is 6.92 Å². The van der Waals surface area contributed by atoms with Gasteiger partial charge in [0.15, 0.2) is 5.82 Å². The lowest BCUT2D eigenvalue weighted by molar-refractivity contribution is 0.102. The molecule has 0 aliphatic carbocycles. The van der Waals surface area contributed by atoms with Gasteiger partial charge >= 0.3 is 0 Å². The second-order valence-corrected chi connectivity index (χ2v) is 5.81. The van der Waals surface area contributed by atoms with Crippen molar-refractivity contribution in [1.82, 2.24) is 20.0 Å². The van der Waals surface area contributed by atoms with Crippen molar-refractivity contribution in [3.8, 4) is 5.82 Å². The third-order valence-electron chi connectivity index (χ3n) is 3.30. The summed E-state index contributed by atoms with van der Waals surface area (Å²) < 4.78 is 15.0. The van der Waals surface area contributed by atoms with E-state index in [4.69, 9.17) is 0 Å². The van der Waals surface area contributed by atoms with Crippen molar-refractivity contribution in [2.24, 2.45) is 0 Å². The van der Waals surface area contributed by atoms with Crippen molar-refractivity contribution in [1.29, 1.82) is 0 Å². The van der Waals surface area contributed by atoms with Gasteiger partial charge in [-0.3, -0.25) is 4.79 Å². The van der Waals surface area contributed by atoms with Gasteiger partial charge in [0.1, 0.15) is 11.6 Å². The van der Waals surface area contributed by atoms with Gasteiger partial charge in [-0.1, -0.05) is 0 Å². The van der Waals surface area contributed by atoms with Crippen LogP contribution in [0.25, 0.3) is 5.82 Å². The fourth-order valence-corrected chi connectivity index (χ4v) is 2.58. The van der Waals surface area contributed by atoms with Crippen LogP contribution < -0.4 is 5.32 Å². The number of hydrogen-bond acceptors (Lipinski definition) is 5. The van der Waals surface area contributed by atoms with Gasteiger partial charge in [-0.2, -0.15) is 14.9 Å².